The molecular formula is C14H10ClNO4. The number of nitro benzene ring substituents is 1. The zero-order valence-electron chi connectivity index (χ0n) is 10.5. The van der Waals surface area contributed by atoms with Gasteiger partial charge in [0.1, 0.15) is 11.5 Å². The van der Waals surface area contributed by atoms with E-state index < -0.39 is 10.2 Å². The van der Waals surface area contributed by atoms with Crippen molar-refractivity contribution in [1.29, 1.82) is 0 Å². The molecule has 0 aliphatic heterocycles. The van der Waals surface area contributed by atoms with Gasteiger partial charge in [0.2, 0.25) is 5.24 Å². The van der Waals surface area contributed by atoms with Crippen LogP contribution in [0.1, 0.15) is 11.3 Å². The fourth-order valence-electron chi connectivity index (χ4n) is 1.70. The standard InChI is InChI=1S/C14H10ClNO4/c1-9-2-3-10(8-12(9)16(18)19)13-6-4-11(20-13)5-7-14(15)17/h2-8H,1H3. The van der Waals surface area contributed by atoms with Crippen molar-refractivity contribution in [3.63, 3.8) is 0 Å². The van der Waals surface area contributed by atoms with Gasteiger partial charge in [-0.1, -0.05) is 12.1 Å². The average Bonchev–Trinajstić information content (AvgIpc) is 2.85. The number of rotatable bonds is 4. The molecular weight excluding hydrogens is 282 g/mol. The SMILES string of the molecule is Cc1ccc(-c2ccc(C=CC(=O)Cl)o2)cc1[N+](=O)[O-]. The Morgan fingerprint density at radius 3 is 2.75 bits per heavy atom. The first kappa shape index (κ1) is 14.0. The summed E-state index contributed by atoms with van der Waals surface area (Å²) in [6.07, 6.45) is 2.60. The lowest BCUT2D eigenvalue weighted by atomic mass is 10.1. The second kappa shape index (κ2) is 5.71. The van der Waals surface area contributed by atoms with Crippen LogP contribution in [-0.4, -0.2) is 10.2 Å². The molecule has 0 bridgehead atoms. The quantitative estimate of drug-likeness (QED) is 0.370. The Morgan fingerprint density at radius 1 is 1.35 bits per heavy atom. The number of nitro groups is 1. The minimum atomic E-state index is -0.603. The molecule has 0 aliphatic rings. The third-order valence-electron chi connectivity index (χ3n) is 2.70. The lowest BCUT2D eigenvalue weighted by Gasteiger charge is -2.00. The van der Waals surface area contributed by atoms with Gasteiger partial charge in [0.05, 0.1) is 4.92 Å². The van der Waals surface area contributed by atoms with Crippen molar-refractivity contribution in [2.45, 2.75) is 6.92 Å². The molecule has 0 atom stereocenters. The van der Waals surface area contributed by atoms with E-state index in [1.54, 1.807) is 31.2 Å². The fourth-order valence-corrected chi connectivity index (χ4v) is 1.77. The monoisotopic (exact) mass is 291 g/mol. The molecule has 0 spiro atoms. The highest BCUT2D eigenvalue weighted by Crippen LogP contribution is 2.28. The Morgan fingerprint density at radius 2 is 2.10 bits per heavy atom. The third kappa shape index (κ3) is 3.13. The Bertz CT molecular complexity index is 703. The van der Waals surface area contributed by atoms with Crippen LogP contribution in [0, 0.1) is 17.0 Å². The van der Waals surface area contributed by atoms with Crippen molar-refractivity contribution in [3.05, 3.63) is 57.8 Å². The van der Waals surface area contributed by atoms with E-state index in [0.717, 1.165) is 0 Å². The molecule has 5 nitrogen and oxygen atoms in total. The van der Waals surface area contributed by atoms with E-state index >= 15 is 0 Å². The number of hydrogen-bond donors (Lipinski definition) is 0. The molecule has 20 heavy (non-hydrogen) atoms. The molecule has 2 rings (SSSR count). The summed E-state index contributed by atoms with van der Waals surface area (Å²) in [5.41, 5.74) is 1.21. The number of carbonyl (C=O) groups is 1. The number of hydrogen-bond acceptors (Lipinski definition) is 4. The zero-order chi connectivity index (χ0) is 14.7. The average molecular weight is 292 g/mol. The zero-order valence-corrected chi connectivity index (χ0v) is 11.3. The van der Waals surface area contributed by atoms with E-state index in [9.17, 15) is 14.9 Å². The maximum atomic E-state index is 10.9. The van der Waals surface area contributed by atoms with Crippen molar-refractivity contribution >= 4 is 28.6 Å². The molecule has 102 valence electrons. The summed E-state index contributed by atoms with van der Waals surface area (Å²) in [6, 6.07) is 8.17. The van der Waals surface area contributed by atoms with E-state index in [1.807, 2.05) is 0 Å². The van der Waals surface area contributed by atoms with Gasteiger partial charge >= 0.3 is 0 Å². The van der Waals surface area contributed by atoms with Gasteiger partial charge in [-0.2, -0.15) is 0 Å². The van der Waals surface area contributed by atoms with Gasteiger partial charge in [-0.25, -0.2) is 0 Å². The number of benzene rings is 1. The van der Waals surface area contributed by atoms with Gasteiger partial charge in [0, 0.05) is 23.3 Å². The third-order valence-corrected chi connectivity index (χ3v) is 2.82. The van der Waals surface area contributed by atoms with Crippen LogP contribution in [0.25, 0.3) is 17.4 Å². The van der Waals surface area contributed by atoms with Gasteiger partial charge in [-0.15, -0.1) is 0 Å². The van der Waals surface area contributed by atoms with Crippen LogP contribution >= 0.6 is 11.6 Å². The lowest BCUT2D eigenvalue weighted by molar-refractivity contribution is -0.385. The maximum Gasteiger partial charge on any atom is 0.273 e. The van der Waals surface area contributed by atoms with E-state index in [0.29, 0.717) is 22.6 Å². The van der Waals surface area contributed by atoms with Crippen molar-refractivity contribution in [1.82, 2.24) is 0 Å². The lowest BCUT2D eigenvalue weighted by Crippen LogP contribution is -1.91. The minimum absolute atomic E-state index is 0.0342. The molecule has 0 unspecified atom stereocenters. The summed E-state index contributed by atoms with van der Waals surface area (Å²) < 4.78 is 5.47. The van der Waals surface area contributed by atoms with E-state index in [4.69, 9.17) is 16.0 Å². The molecule has 0 aliphatic carbocycles. The molecule has 0 fully saturated rings. The Hall–Kier alpha value is -2.40. The molecule has 1 aromatic carbocycles. The minimum Gasteiger partial charge on any atom is -0.457 e. The Balaban J connectivity index is 2.35. The smallest absolute Gasteiger partial charge is 0.273 e. The number of halogens is 1. The molecule has 0 radical (unpaired) electrons. The predicted molar refractivity (Wildman–Crippen MR) is 75.4 cm³/mol. The molecule has 0 amide bonds. The first-order valence-corrected chi connectivity index (χ1v) is 6.08. The van der Waals surface area contributed by atoms with E-state index in [1.165, 1.54) is 18.2 Å². The maximum absolute atomic E-state index is 10.9. The second-order valence-corrected chi connectivity index (χ2v) is 4.47. The van der Waals surface area contributed by atoms with Crippen molar-refractivity contribution in [2.24, 2.45) is 0 Å². The molecule has 2 aromatic rings. The van der Waals surface area contributed by atoms with Gasteiger partial charge in [-0.05, 0) is 36.7 Å². The van der Waals surface area contributed by atoms with E-state index in [-0.39, 0.29) is 5.69 Å². The number of furan rings is 1. The number of allylic oxidation sites excluding steroid dienone is 1. The van der Waals surface area contributed by atoms with E-state index in [2.05, 4.69) is 0 Å². The highest BCUT2D eigenvalue weighted by molar-refractivity contribution is 6.66. The first-order valence-electron chi connectivity index (χ1n) is 5.70. The van der Waals surface area contributed by atoms with Crippen LogP contribution in [0.5, 0.6) is 0 Å². The number of aryl methyl sites for hydroxylation is 1. The molecule has 1 heterocycles. The van der Waals surface area contributed by atoms with Crippen LogP contribution in [-0.2, 0) is 4.79 Å². The predicted octanol–water partition coefficient (Wildman–Crippen LogP) is 3.94. The summed E-state index contributed by atoms with van der Waals surface area (Å²) in [6.45, 7) is 1.67. The highest BCUT2D eigenvalue weighted by atomic mass is 35.5. The molecule has 6 heteroatoms. The molecule has 0 saturated heterocycles. The summed E-state index contributed by atoms with van der Waals surface area (Å²) in [4.78, 5) is 21.1. The van der Waals surface area contributed by atoms with Gasteiger partial charge in [0.15, 0.2) is 0 Å². The van der Waals surface area contributed by atoms with Crippen LogP contribution < -0.4 is 0 Å². The largest absolute Gasteiger partial charge is 0.457 e. The normalized spacial score (nSPS) is 10.9. The Kier molecular flexibility index (Phi) is 4.00. The highest BCUT2D eigenvalue weighted by Gasteiger charge is 2.13. The number of carbonyl (C=O) groups excluding carboxylic acids is 1. The number of nitrogens with zero attached hydrogens (tertiary/aromatic N) is 1. The summed E-state index contributed by atoms with van der Waals surface area (Å²) in [7, 11) is 0. The topological polar surface area (TPSA) is 73.3 Å². The summed E-state index contributed by atoms with van der Waals surface area (Å²) >= 11 is 5.18. The molecule has 1 aromatic heterocycles. The second-order valence-electron chi connectivity index (χ2n) is 4.10. The first-order chi connectivity index (χ1) is 9.47. The van der Waals surface area contributed by atoms with Crippen LogP contribution in [0.3, 0.4) is 0 Å². The summed E-state index contributed by atoms with van der Waals surface area (Å²) in [5, 5.41) is 10.3. The molecule has 0 N–H and O–H groups in total. The van der Waals surface area contributed by atoms with Crippen LogP contribution in [0.2, 0.25) is 0 Å². The van der Waals surface area contributed by atoms with Crippen LogP contribution in [0.15, 0.2) is 40.8 Å². The van der Waals surface area contributed by atoms with Crippen molar-refractivity contribution in [2.75, 3.05) is 0 Å². The van der Waals surface area contributed by atoms with Crippen molar-refractivity contribution in [3.8, 4) is 11.3 Å². The van der Waals surface area contributed by atoms with Gasteiger partial charge in [-0.3, -0.25) is 14.9 Å². The van der Waals surface area contributed by atoms with Crippen molar-refractivity contribution < 1.29 is 14.1 Å². The molecule has 0 saturated carbocycles. The Labute approximate surface area is 119 Å². The fraction of sp³-hybridized carbons (Fsp3) is 0.0714. The van der Waals surface area contributed by atoms with Crippen LogP contribution in [0.4, 0.5) is 5.69 Å². The summed E-state index contributed by atoms with van der Waals surface area (Å²) in [5.74, 6) is 0.923. The van der Waals surface area contributed by atoms with Gasteiger partial charge in [0.25, 0.3) is 5.69 Å². The van der Waals surface area contributed by atoms with Gasteiger partial charge < -0.3 is 4.42 Å².